The van der Waals surface area contributed by atoms with Crippen LogP contribution >= 0.6 is 11.3 Å². The molecule has 0 saturated carbocycles. The second kappa shape index (κ2) is 6.68. The lowest BCUT2D eigenvalue weighted by molar-refractivity contribution is -0.885. The van der Waals surface area contributed by atoms with Crippen molar-refractivity contribution in [3.63, 3.8) is 0 Å². The fraction of sp³-hybridized carbons (Fsp3) is 0.312. The number of carbonyl (C=O) groups excluding carboxylic acids is 1. The molecule has 0 radical (unpaired) electrons. The Morgan fingerprint density at radius 2 is 2.10 bits per heavy atom. The molecule has 0 aliphatic heterocycles. The summed E-state index contributed by atoms with van der Waals surface area (Å²) in [5.74, 6) is 0.0615. The average Bonchev–Trinajstić information content (AvgIpc) is 2.87. The number of hydrogen-bond donors (Lipinski definition) is 2. The molecule has 1 unspecified atom stereocenters. The number of aryl methyl sites for hydroxylation is 1. The molecule has 4 heteroatoms. The number of thiophene rings is 1. The van der Waals surface area contributed by atoms with E-state index in [9.17, 15) is 4.79 Å². The van der Waals surface area contributed by atoms with E-state index in [2.05, 4.69) is 35.1 Å². The number of quaternary nitrogens is 1. The Bertz CT molecular complexity index is 578. The predicted molar refractivity (Wildman–Crippen MR) is 84.3 cm³/mol. The van der Waals surface area contributed by atoms with Gasteiger partial charge in [-0.1, -0.05) is 12.1 Å². The van der Waals surface area contributed by atoms with Crippen LogP contribution < -0.4 is 10.2 Å². The molecule has 1 aromatic carbocycles. The van der Waals surface area contributed by atoms with Crippen molar-refractivity contribution in [3.05, 3.63) is 51.7 Å². The summed E-state index contributed by atoms with van der Waals surface area (Å²) in [5, 5.41) is 7.20. The third-order valence-electron chi connectivity index (χ3n) is 3.43. The molecule has 0 aliphatic rings. The molecule has 2 rings (SSSR count). The molecule has 1 aromatic heterocycles. The Balaban J connectivity index is 1.90. The van der Waals surface area contributed by atoms with E-state index in [0.717, 1.165) is 17.8 Å². The monoisotopic (exact) mass is 289 g/mol. The Kier molecular flexibility index (Phi) is 4.93. The molecule has 1 amide bonds. The minimum absolute atomic E-state index is 0.0615. The molecule has 0 spiro atoms. The Labute approximate surface area is 124 Å². The normalized spacial score (nSPS) is 12.2. The molecular formula is C16H21N2OS+. The van der Waals surface area contributed by atoms with Gasteiger partial charge in [0.25, 0.3) is 5.91 Å². The Hall–Kier alpha value is -1.65. The highest BCUT2D eigenvalue weighted by Gasteiger charge is 2.12. The van der Waals surface area contributed by atoms with Crippen molar-refractivity contribution < 1.29 is 9.69 Å². The first-order chi connectivity index (χ1) is 9.56. The van der Waals surface area contributed by atoms with Gasteiger partial charge in [0.15, 0.2) is 6.54 Å². The fourth-order valence-corrected chi connectivity index (χ4v) is 2.83. The Morgan fingerprint density at radius 3 is 2.80 bits per heavy atom. The summed E-state index contributed by atoms with van der Waals surface area (Å²) in [4.78, 5) is 13.3. The quantitative estimate of drug-likeness (QED) is 0.867. The van der Waals surface area contributed by atoms with Gasteiger partial charge >= 0.3 is 0 Å². The molecule has 1 atom stereocenters. The van der Waals surface area contributed by atoms with Gasteiger partial charge in [-0.3, -0.25) is 4.79 Å². The van der Waals surface area contributed by atoms with Crippen molar-refractivity contribution in [1.82, 2.24) is 0 Å². The molecule has 1 heterocycles. The smallest absolute Gasteiger partial charge is 0.279 e. The van der Waals surface area contributed by atoms with Gasteiger partial charge in [-0.05, 0) is 47.9 Å². The zero-order valence-corrected chi connectivity index (χ0v) is 13.0. The summed E-state index contributed by atoms with van der Waals surface area (Å²) in [6.45, 7) is 5.44. The second-order valence-electron chi connectivity index (χ2n) is 5.24. The van der Waals surface area contributed by atoms with Gasteiger partial charge < -0.3 is 10.2 Å². The first kappa shape index (κ1) is 14.8. The molecule has 0 saturated heterocycles. The van der Waals surface area contributed by atoms with Crippen LogP contribution in [0.2, 0.25) is 0 Å². The van der Waals surface area contributed by atoms with E-state index < -0.39 is 0 Å². The average molecular weight is 289 g/mol. The van der Waals surface area contributed by atoms with Crippen molar-refractivity contribution in [1.29, 1.82) is 0 Å². The molecule has 3 nitrogen and oxygen atoms in total. The molecule has 20 heavy (non-hydrogen) atoms. The third-order valence-corrected chi connectivity index (χ3v) is 4.16. The van der Waals surface area contributed by atoms with E-state index >= 15 is 0 Å². The number of benzene rings is 1. The van der Waals surface area contributed by atoms with Crippen molar-refractivity contribution in [2.24, 2.45) is 0 Å². The maximum absolute atomic E-state index is 12.1. The summed E-state index contributed by atoms with van der Waals surface area (Å²) in [5.41, 5.74) is 4.53. The van der Waals surface area contributed by atoms with Crippen LogP contribution in [0.3, 0.4) is 0 Å². The highest BCUT2D eigenvalue weighted by molar-refractivity contribution is 7.07. The molecule has 2 N–H and O–H groups in total. The van der Waals surface area contributed by atoms with Gasteiger partial charge in [0.05, 0.1) is 7.05 Å². The van der Waals surface area contributed by atoms with E-state index in [-0.39, 0.29) is 5.91 Å². The molecule has 2 aromatic rings. The number of amides is 1. The van der Waals surface area contributed by atoms with Crippen LogP contribution in [0.4, 0.5) is 5.69 Å². The fourth-order valence-electron chi connectivity index (χ4n) is 2.16. The van der Waals surface area contributed by atoms with Crippen LogP contribution in [0.25, 0.3) is 0 Å². The second-order valence-corrected chi connectivity index (χ2v) is 6.02. The van der Waals surface area contributed by atoms with Crippen molar-refractivity contribution in [2.75, 3.05) is 18.9 Å². The van der Waals surface area contributed by atoms with Gasteiger partial charge in [-0.25, -0.2) is 0 Å². The highest BCUT2D eigenvalue weighted by atomic mass is 32.1. The van der Waals surface area contributed by atoms with Gasteiger partial charge in [-0.15, -0.1) is 0 Å². The highest BCUT2D eigenvalue weighted by Crippen LogP contribution is 2.17. The third kappa shape index (κ3) is 3.92. The lowest BCUT2D eigenvalue weighted by Gasteiger charge is -2.14. The van der Waals surface area contributed by atoms with E-state index in [1.54, 1.807) is 11.3 Å². The van der Waals surface area contributed by atoms with Crippen LogP contribution in [0, 0.1) is 13.8 Å². The van der Waals surface area contributed by atoms with Gasteiger partial charge in [0.2, 0.25) is 0 Å². The lowest BCUT2D eigenvalue weighted by Crippen LogP contribution is -3.08. The van der Waals surface area contributed by atoms with E-state index in [1.807, 2.05) is 26.1 Å². The number of rotatable bonds is 5. The number of nitrogens with one attached hydrogen (secondary N) is 2. The van der Waals surface area contributed by atoms with Crippen molar-refractivity contribution in [2.45, 2.75) is 20.4 Å². The number of likely N-dealkylation sites (N-methyl/N-ethyl adjacent to an activating group) is 1. The van der Waals surface area contributed by atoms with Crippen LogP contribution in [-0.4, -0.2) is 19.5 Å². The van der Waals surface area contributed by atoms with Crippen molar-refractivity contribution in [3.8, 4) is 0 Å². The minimum atomic E-state index is 0.0615. The number of anilines is 1. The van der Waals surface area contributed by atoms with E-state index in [4.69, 9.17) is 0 Å². The van der Waals surface area contributed by atoms with E-state index in [1.165, 1.54) is 16.0 Å². The van der Waals surface area contributed by atoms with E-state index in [0.29, 0.717) is 6.54 Å². The zero-order valence-electron chi connectivity index (χ0n) is 12.2. The first-order valence-corrected chi connectivity index (χ1v) is 7.69. The summed E-state index contributed by atoms with van der Waals surface area (Å²) in [6.07, 6.45) is 0. The topological polar surface area (TPSA) is 33.5 Å². The molecule has 0 bridgehead atoms. The van der Waals surface area contributed by atoms with Gasteiger partial charge in [0, 0.05) is 11.3 Å². The number of carbonyl (C=O) groups is 1. The summed E-state index contributed by atoms with van der Waals surface area (Å²) >= 11 is 1.69. The minimum Gasteiger partial charge on any atom is -0.326 e. The number of hydrogen-bond acceptors (Lipinski definition) is 2. The molecular weight excluding hydrogens is 268 g/mol. The summed E-state index contributed by atoms with van der Waals surface area (Å²) in [6, 6.07) is 8.09. The molecule has 106 valence electrons. The summed E-state index contributed by atoms with van der Waals surface area (Å²) in [7, 11) is 2.04. The van der Waals surface area contributed by atoms with Crippen LogP contribution in [-0.2, 0) is 11.3 Å². The first-order valence-electron chi connectivity index (χ1n) is 6.74. The van der Waals surface area contributed by atoms with Gasteiger partial charge in [-0.2, -0.15) is 11.3 Å². The van der Waals surface area contributed by atoms with Crippen LogP contribution in [0.5, 0.6) is 0 Å². The SMILES string of the molecule is Cc1cccc(NC(=O)C[NH+](C)Cc2ccsc2)c1C. The summed E-state index contributed by atoms with van der Waals surface area (Å²) < 4.78 is 0. The maximum Gasteiger partial charge on any atom is 0.279 e. The largest absolute Gasteiger partial charge is 0.326 e. The van der Waals surface area contributed by atoms with Crippen LogP contribution in [0.1, 0.15) is 16.7 Å². The zero-order chi connectivity index (χ0) is 14.5. The van der Waals surface area contributed by atoms with Gasteiger partial charge in [0.1, 0.15) is 6.54 Å². The standard InChI is InChI=1S/C16H20N2OS/c1-12-5-4-6-15(13(12)2)17-16(19)10-18(3)9-14-7-8-20-11-14/h4-8,11H,9-10H2,1-3H3,(H,17,19)/p+1. The lowest BCUT2D eigenvalue weighted by atomic mass is 10.1. The maximum atomic E-state index is 12.1. The molecule has 0 aliphatic carbocycles. The predicted octanol–water partition coefficient (Wildman–Crippen LogP) is 2.02. The van der Waals surface area contributed by atoms with Crippen molar-refractivity contribution >= 4 is 22.9 Å². The Morgan fingerprint density at radius 1 is 1.30 bits per heavy atom. The van der Waals surface area contributed by atoms with Crippen LogP contribution in [0.15, 0.2) is 35.0 Å². The molecule has 0 fully saturated rings.